The first-order valence-electron chi connectivity index (χ1n) is 6.40. The van der Waals surface area contributed by atoms with Crippen molar-refractivity contribution in [2.45, 2.75) is 6.92 Å². The first-order valence-corrected chi connectivity index (χ1v) is 8.07. The Kier molecular flexibility index (Phi) is 3.87. The van der Waals surface area contributed by atoms with Gasteiger partial charge in [-0.05, 0) is 30.7 Å². The lowest BCUT2D eigenvalue weighted by Crippen LogP contribution is -1.82. The van der Waals surface area contributed by atoms with Crippen molar-refractivity contribution in [3.8, 4) is 27.9 Å². The molecule has 0 spiro atoms. The number of aromatic nitrogens is 1. The molecule has 2 nitrogen and oxygen atoms in total. The van der Waals surface area contributed by atoms with Gasteiger partial charge in [-0.2, -0.15) is 5.26 Å². The highest BCUT2D eigenvalue weighted by Crippen LogP contribution is 2.33. The van der Waals surface area contributed by atoms with Gasteiger partial charge in [0.15, 0.2) is 0 Å². The van der Waals surface area contributed by atoms with Crippen molar-refractivity contribution in [2.75, 3.05) is 0 Å². The van der Waals surface area contributed by atoms with Gasteiger partial charge in [-0.3, -0.25) is 0 Å². The molecule has 21 heavy (non-hydrogen) atoms. The number of benzene rings is 2. The second-order valence-corrected chi connectivity index (χ2v) is 6.42. The molecule has 0 saturated heterocycles. The summed E-state index contributed by atoms with van der Waals surface area (Å²) >= 11 is 5.22. The molecule has 0 aliphatic carbocycles. The van der Waals surface area contributed by atoms with Crippen LogP contribution in [0.1, 0.15) is 11.1 Å². The molecule has 0 N–H and O–H groups in total. The Morgan fingerprint density at radius 3 is 2.57 bits per heavy atom. The number of thiazole rings is 1. The van der Waals surface area contributed by atoms with Crippen molar-refractivity contribution in [1.82, 2.24) is 4.98 Å². The zero-order valence-electron chi connectivity index (χ0n) is 11.3. The predicted octanol–water partition coefficient (Wildman–Crippen LogP) is 5.42. The smallest absolute Gasteiger partial charge is 0.125 e. The van der Waals surface area contributed by atoms with Gasteiger partial charge >= 0.3 is 0 Å². The summed E-state index contributed by atoms with van der Waals surface area (Å²) in [6.45, 7) is 2.07. The Labute approximate surface area is 135 Å². The van der Waals surface area contributed by atoms with Crippen LogP contribution in [-0.4, -0.2) is 4.98 Å². The van der Waals surface area contributed by atoms with Crippen LogP contribution in [0.15, 0.2) is 52.3 Å². The zero-order valence-corrected chi connectivity index (χ0v) is 13.7. The molecule has 0 bridgehead atoms. The number of nitriles is 1. The first kappa shape index (κ1) is 14.0. The van der Waals surface area contributed by atoms with E-state index in [0.717, 1.165) is 26.3 Å². The van der Waals surface area contributed by atoms with Crippen molar-refractivity contribution in [2.24, 2.45) is 0 Å². The quantitative estimate of drug-likeness (QED) is 0.615. The minimum atomic E-state index is 0.662. The maximum absolute atomic E-state index is 8.84. The molecule has 0 aliphatic heterocycles. The molecule has 1 aromatic heterocycles. The molecule has 2 aromatic carbocycles. The minimum absolute atomic E-state index is 0.662. The van der Waals surface area contributed by atoms with Crippen LogP contribution in [0.2, 0.25) is 0 Å². The van der Waals surface area contributed by atoms with Gasteiger partial charge in [0.05, 0.1) is 17.3 Å². The van der Waals surface area contributed by atoms with E-state index in [1.54, 1.807) is 11.3 Å². The van der Waals surface area contributed by atoms with Crippen molar-refractivity contribution in [1.29, 1.82) is 5.26 Å². The summed E-state index contributed by atoms with van der Waals surface area (Å²) in [7, 11) is 0. The molecule has 0 unspecified atom stereocenters. The molecule has 0 fully saturated rings. The van der Waals surface area contributed by atoms with E-state index in [1.165, 1.54) is 5.56 Å². The molecule has 0 radical (unpaired) electrons. The van der Waals surface area contributed by atoms with Gasteiger partial charge in [-0.1, -0.05) is 40.2 Å². The summed E-state index contributed by atoms with van der Waals surface area (Å²) in [5, 5.41) is 11.9. The zero-order chi connectivity index (χ0) is 14.8. The third-order valence-corrected chi connectivity index (χ3v) is 4.70. The molecule has 3 rings (SSSR count). The molecule has 4 heteroatoms. The molecule has 0 aliphatic rings. The molecular weight excluding hydrogens is 344 g/mol. The Bertz CT molecular complexity index is 829. The molecule has 0 saturated carbocycles. The molecule has 0 atom stereocenters. The van der Waals surface area contributed by atoms with E-state index in [0.29, 0.717) is 5.56 Å². The monoisotopic (exact) mass is 354 g/mol. The maximum Gasteiger partial charge on any atom is 0.125 e. The number of halogens is 1. The van der Waals surface area contributed by atoms with Crippen LogP contribution in [0.5, 0.6) is 0 Å². The number of hydrogen-bond acceptors (Lipinski definition) is 3. The minimum Gasteiger partial charge on any atom is -0.236 e. The predicted molar refractivity (Wildman–Crippen MR) is 90.1 cm³/mol. The Hall–Kier alpha value is -1.96. The van der Waals surface area contributed by atoms with Crippen LogP contribution >= 0.6 is 27.3 Å². The topological polar surface area (TPSA) is 36.7 Å². The molecule has 102 valence electrons. The van der Waals surface area contributed by atoms with Gasteiger partial charge in [0.2, 0.25) is 0 Å². The second-order valence-electron chi connectivity index (χ2n) is 4.71. The van der Waals surface area contributed by atoms with E-state index in [9.17, 15) is 0 Å². The fourth-order valence-electron chi connectivity index (χ4n) is 2.04. The van der Waals surface area contributed by atoms with Crippen molar-refractivity contribution in [3.63, 3.8) is 0 Å². The Morgan fingerprint density at radius 1 is 1.14 bits per heavy atom. The van der Waals surface area contributed by atoms with Gasteiger partial charge in [-0.15, -0.1) is 11.3 Å². The van der Waals surface area contributed by atoms with E-state index in [4.69, 9.17) is 10.2 Å². The van der Waals surface area contributed by atoms with Gasteiger partial charge in [0.1, 0.15) is 5.01 Å². The summed E-state index contributed by atoms with van der Waals surface area (Å²) in [4.78, 5) is 4.70. The Morgan fingerprint density at radius 2 is 1.90 bits per heavy atom. The summed E-state index contributed by atoms with van der Waals surface area (Å²) in [6, 6.07) is 15.9. The van der Waals surface area contributed by atoms with Crippen LogP contribution in [0.25, 0.3) is 21.8 Å². The fourth-order valence-corrected chi connectivity index (χ4v) is 3.72. The highest BCUT2D eigenvalue weighted by molar-refractivity contribution is 9.10. The van der Waals surface area contributed by atoms with Gasteiger partial charge in [0.25, 0.3) is 0 Å². The second kappa shape index (κ2) is 5.80. The lowest BCUT2D eigenvalue weighted by molar-refractivity contribution is 1.38. The SMILES string of the molecule is Cc1ccc(-c2nc(-c3ccc(C#N)cc3)cs2)c(Br)c1. The molecule has 1 heterocycles. The van der Waals surface area contributed by atoms with Crippen molar-refractivity contribution >= 4 is 27.3 Å². The van der Waals surface area contributed by atoms with Gasteiger partial charge in [-0.25, -0.2) is 4.98 Å². The summed E-state index contributed by atoms with van der Waals surface area (Å²) in [5.74, 6) is 0. The van der Waals surface area contributed by atoms with E-state index in [1.807, 2.05) is 29.6 Å². The normalized spacial score (nSPS) is 10.3. The van der Waals surface area contributed by atoms with Crippen LogP contribution in [0.3, 0.4) is 0 Å². The van der Waals surface area contributed by atoms with Crippen LogP contribution in [0.4, 0.5) is 0 Å². The molecular formula is C17H11BrN2S. The summed E-state index contributed by atoms with van der Waals surface area (Å²) in [5.41, 5.74) is 4.95. The highest BCUT2D eigenvalue weighted by atomic mass is 79.9. The number of rotatable bonds is 2. The molecule has 0 amide bonds. The van der Waals surface area contributed by atoms with E-state index >= 15 is 0 Å². The van der Waals surface area contributed by atoms with Crippen LogP contribution in [-0.2, 0) is 0 Å². The highest BCUT2D eigenvalue weighted by Gasteiger charge is 2.09. The van der Waals surface area contributed by atoms with E-state index in [2.05, 4.69) is 47.1 Å². The third-order valence-electron chi connectivity index (χ3n) is 3.17. The van der Waals surface area contributed by atoms with Crippen molar-refractivity contribution < 1.29 is 0 Å². The average Bonchev–Trinajstić information content (AvgIpc) is 2.97. The van der Waals surface area contributed by atoms with Crippen LogP contribution in [0, 0.1) is 18.3 Å². The summed E-state index contributed by atoms with van der Waals surface area (Å²) < 4.78 is 1.06. The first-order chi connectivity index (χ1) is 10.2. The fraction of sp³-hybridized carbons (Fsp3) is 0.0588. The van der Waals surface area contributed by atoms with Crippen LogP contribution < -0.4 is 0 Å². The van der Waals surface area contributed by atoms with Crippen molar-refractivity contribution in [3.05, 3.63) is 63.4 Å². The number of nitrogens with zero attached hydrogens (tertiary/aromatic N) is 2. The van der Waals surface area contributed by atoms with E-state index < -0.39 is 0 Å². The van der Waals surface area contributed by atoms with Gasteiger partial charge in [0, 0.05) is 21.0 Å². The lowest BCUT2D eigenvalue weighted by Gasteiger charge is -2.02. The van der Waals surface area contributed by atoms with E-state index in [-0.39, 0.29) is 0 Å². The maximum atomic E-state index is 8.84. The standard InChI is InChI=1S/C17H11BrN2S/c1-11-2-7-14(15(18)8-11)17-20-16(10-21-17)13-5-3-12(9-19)4-6-13/h2-8,10H,1H3. The number of aryl methyl sites for hydroxylation is 1. The van der Waals surface area contributed by atoms with Gasteiger partial charge < -0.3 is 0 Å². The molecule has 3 aromatic rings. The Balaban J connectivity index is 1.97. The largest absolute Gasteiger partial charge is 0.236 e. The average molecular weight is 355 g/mol. The third kappa shape index (κ3) is 2.90. The lowest BCUT2D eigenvalue weighted by atomic mass is 10.1. The summed E-state index contributed by atoms with van der Waals surface area (Å²) in [6.07, 6.45) is 0. The number of hydrogen-bond donors (Lipinski definition) is 0.